The summed E-state index contributed by atoms with van der Waals surface area (Å²) in [4.78, 5) is 4.83. The van der Waals surface area contributed by atoms with Gasteiger partial charge in [0.1, 0.15) is 17.3 Å². The fourth-order valence-electron chi connectivity index (χ4n) is 7.24. The van der Waals surface area contributed by atoms with Crippen molar-refractivity contribution in [1.29, 1.82) is 0 Å². The summed E-state index contributed by atoms with van der Waals surface area (Å²) in [5.74, 6) is 2.41. The van der Waals surface area contributed by atoms with Gasteiger partial charge in [0.2, 0.25) is 0 Å². The molecule has 8 rings (SSSR count). The molecule has 3 heterocycles. The summed E-state index contributed by atoms with van der Waals surface area (Å²) in [6.45, 7) is 15.6. The summed E-state index contributed by atoms with van der Waals surface area (Å²) in [6.07, 6.45) is 9.67. The molecule has 0 fully saturated rings. The molecule has 0 amide bonds. The normalized spacial score (nSPS) is 11.8. The summed E-state index contributed by atoms with van der Waals surface area (Å²) in [5, 5.41) is 2.35. The minimum absolute atomic E-state index is 0.00713. The van der Waals surface area contributed by atoms with Gasteiger partial charge in [-0.3, -0.25) is 13.7 Å². The van der Waals surface area contributed by atoms with Crippen LogP contribution in [0.15, 0.2) is 128 Å². The number of rotatable bonds is 6. The predicted molar refractivity (Wildman–Crippen MR) is 208 cm³/mol. The smallest absolute Gasteiger partial charge is 0.268 e. The lowest BCUT2D eigenvalue weighted by Gasteiger charge is -2.21. The van der Waals surface area contributed by atoms with Gasteiger partial charge in [0.15, 0.2) is 0 Å². The highest BCUT2D eigenvalue weighted by atomic mass is 16.5. The zero-order chi connectivity index (χ0) is 35.4. The van der Waals surface area contributed by atoms with E-state index in [9.17, 15) is 0 Å². The van der Waals surface area contributed by atoms with Crippen LogP contribution < -0.4 is 9.30 Å². The highest BCUT2D eigenvalue weighted by Crippen LogP contribution is 2.37. The van der Waals surface area contributed by atoms with E-state index in [0.29, 0.717) is 0 Å². The van der Waals surface area contributed by atoms with E-state index in [1.54, 1.807) is 0 Å². The molecule has 0 bridgehead atoms. The Morgan fingerprint density at radius 3 is 2.20 bits per heavy atom. The molecule has 0 atom stereocenters. The topological polar surface area (TPSA) is 35.9 Å². The first-order valence-corrected chi connectivity index (χ1v) is 17.6. The molecule has 51 heavy (non-hydrogen) atoms. The molecular formula is C46H42N4O. The zero-order valence-electron chi connectivity index (χ0n) is 30.3. The maximum absolute atomic E-state index is 6.58. The van der Waals surface area contributed by atoms with E-state index in [0.717, 1.165) is 45.1 Å². The van der Waals surface area contributed by atoms with E-state index < -0.39 is 0 Å². The third-order valence-corrected chi connectivity index (χ3v) is 10.4. The van der Waals surface area contributed by atoms with Gasteiger partial charge < -0.3 is 4.74 Å². The lowest BCUT2D eigenvalue weighted by atomic mass is 9.88. The van der Waals surface area contributed by atoms with Gasteiger partial charge in [0.25, 0.3) is 6.33 Å². The first kappa shape index (κ1) is 32.3. The highest BCUT2D eigenvalue weighted by Gasteiger charge is 2.20. The second-order valence-corrected chi connectivity index (χ2v) is 14.5. The quantitative estimate of drug-likeness (QED) is 0.131. The lowest BCUT2D eigenvalue weighted by Crippen LogP contribution is -2.31. The fourth-order valence-corrected chi connectivity index (χ4v) is 7.24. The van der Waals surface area contributed by atoms with E-state index in [1.807, 2.05) is 22.9 Å². The number of nitrogens with zero attached hydrogens (tertiary/aromatic N) is 4. The number of aromatic nitrogens is 4. The van der Waals surface area contributed by atoms with Crippen molar-refractivity contribution in [3.63, 3.8) is 0 Å². The number of fused-ring (bicyclic) bond motifs is 3. The van der Waals surface area contributed by atoms with Crippen LogP contribution in [0.25, 0.3) is 50.1 Å². The van der Waals surface area contributed by atoms with Crippen LogP contribution in [0.4, 0.5) is 0 Å². The number of benzene rings is 5. The van der Waals surface area contributed by atoms with Gasteiger partial charge >= 0.3 is 0 Å². The number of hydrogen-bond acceptors (Lipinski definition) is 2. The third kappa shape index (κ3) is 5.69. The lowest BCUT2D eigenvalue weighted by molar-refractivity contribution is -0.599. The van der Waals surface area contributed by atoms with E-state index in [2.05, 4.69) is 173 Å². The van der Waals surface area contributed by atoms with Gasteiger partial charge in [-0.25, -0.2) is 4.98 Å². The largest absolute Gasteiger partial charge is 0.458 e. The summed E-state index contributed by atoms with van der Waals surface area (Å²) in [7, 11) is 0. The van der Waals surface area contributed by atoms with Crippen molar-refractivity contribution in [2.45, 2.75) is 53.9 Å². The van der Waals surface area contributed by atoms with E-state index >= 15 is 0 Å². The van der Waals surface area contributed by atoms with E-state index in [1.165, 1.54) is 44.3 Å². The molecule has 0 N–H and O–H groups in total. The molecule has 5 nitrogen and oxygen atoms in total. The van der Waals surface area contributed by atoms with Crippen LogP contribution >= 0.6 is 0 Å². The number of pyridine rings is 1. The SMILES string of the molecule is Cc1c(C)c(C)c(-[n+]2[c-]n(-c3cccc(Oc4ccc5c6ccccc6n(-c6cc(C(C)(C)C)ccn6)c5c4)c3)cc2)c(-c2ccccc2)c1C. The zero-order valence-corrected chi connectivity index (χ0v) is 30.3. The maximum atomic E-state index is 6.58. The molecule has 252 valence electrons. The van der Waals surface area contributed by atoms with Gasteiger partial charge in [-0.15, -0.1) is 0 Å². The molecule has 0 unspecified atom stereocenters. The van der Waals surface area contributed by atoms with Gasteiger partial charge in [-0.05, 0) is 121 Å². The first-order valence-electron chi connectivity index (χ1n) is 17.6. The Hall–Kier alpha value is -5.94. The second kappa shape index (κ2) is 12.4. The van der Waals surface area contributed by atoms with Gasteiger partial charge in [-0.2, -0.15) is 0 Å². The van der Waals surface area contributed by atoms with Crippen molar-refractivity contribution in [2.75, 3.05) is 0 Å². The Labute approximate surface area is 300 Å². The van der Waals surface area contributed by atoms with Crippen molar-refractivity contribution < 1.29 is 9.30 Å². The second-order valence-electron chi connectivity index (χ2n) is 14.5. The molecule has 0 saturated heterocycles. The van der Waals surface area contributed by atoms with Gasteiger partial charge in [0, 0.05) is 35.4 Å². The van der Waals surface area contributed by atoms with Crippen LogP contribution in [0.3, 0.4) is 0 Å². The minimum atomic E-state index is 0.00713. The fraction of sp³-hybridized carbons (Fsp3) is 0.174. The van der Waals surface area contributed by atoms with Crippen molar-refractivity contribution in [1.82, 2.24) is 14.1 Å². The molecular weight excluding hydrogens is 625 g/mol. The van der Waals surface area contributed by atoms with E-state index in [-0.39, 0.29) is 5.41 Å². The summed E-state index contributed by atoms with van der Waals surface area (Å²) in [6, 6.07) is 38.0. The van der Waals surface area contributed by atoms with Crippen LogP contribution in [0.2, 0.25) is 0 Å². The molecule has 0 radical (unpaired) electrons. The maximum Gasteiger partial charge on any atom is 0.268 e. The third-order valence-electron chi connectivity index (χ3n) is 10.4. The molecule has 0 saturated carbocycles. The predicted octanol–water partition coefficient (Wildman–Crippen LogP) is 11.0. The van der Waals surface area contributed by atoms with Crippen LogP contribution in [0.1, 0.15) is 48.6 Å². The van der Waals surface area contributed by atoms with Crippen LogP contribution in [-0.4, -0.2) is 14.1 Å². The van der Waals surface area contributed by atoms with Crippen LogP contribution in [0.5, 0.6) is 11.5 Å². The summed E-state index contributed by atoms with van der Waals surface area (Å²) in [5.41, 5.74) is 13.1. The van der Waals surface area contributed by atoms with Crippen molar-refractivity contribution in [2.24, 2.45) is 0 Å². The average molecular weight is 667 g/mol. The van der Waals surface area contributed by atoms with Crippen LogP contribution in [0, 0.1) is 34.0 Å². The molecule has 5 aromatic carbocycles. The standard InChI is InChI=1S/C46H42N4O/c1-30-31(2)33(4)45(44(32(30)3)34-14-9-8-10-15-34)49-25-24-48(29-49)36-16-13-17-37(27-36)51-38-20-21-40-39-18-11-12-19-41(39)50(42(40)28-38)43-26-35(22-23-47-43)46(5,6)7/h8-28H,1-7H3. The Bertz CT molecular complexity index is 2580. The summed E-state index contributed by atoms with van der Waals surface area (Å²) >= 11 is 0. The Morgan fingerprint density at radius 1 is 0.667 bits per heavy atom. The Balaban J connectivity index is 1.17. The van der Waals surface area contributed by atoms with Crippen molar-refractivity contribution in [3.05, 3.63) is 162 Å². The van der Waals surface area contributed by atoms with Crippen molar-refractivity contribution >= 4 is 21.8 Å². The number of imidazole rings is 1. The monoisotopic (exact) mass is 666 g/mol. The first-order chi connectivity index (χ1) is 24.6. The van der Waals surface area contributed by atoms with E-state index in [4.69, 9.17) is 9.72 Å². The number of para-hydroxylation sites is 1. The Kier molecular flexibility index (Phi) is 7.87. The van der Waals surface area contributed by atoms with Gasteiger partial charge in [-0.1, -0.05) is 75.4 Å². The molecule has 8 aromatic rings. The van der Waals surface area contributed by atoms with Crippen molar-refractivity contribution in [3.8, 4) is 39.8 Å². The number of ether oxygens (including phenoxy) is 1. The molecule has 0 spiro atoms. The Morgan fingerprint density at radius 2 is 1.39 bits per heavy atom. The molecule has 5 heteroatoms. The number of hydrogen-bond donors (Lipinski definition) is 0. The molecule has 3 aromatic heterocycles. The minimum Gasteiger partial charge on any atom is -0.458 e. The molecule has 0 aliphatic rings. The van der Waals surface area contributed by atoms with Gasteiger partial charge in [0.05, 0.1) is 22.4 Å². The average Bonchev–Trinajstić information content (AvgIpc) is 3.75. The highest BCUT2D eigenvalue weighted by molar-refractivity contribution is 6.09. The summed E-state index contributed by atoms with van der Waals surface area (Å²) < 4.78 is 13.0. The molecule has 0 aliphatic carbocycles. The van der Waals surface area contributed by atoms with Crippen LogP contribution in [-0.2, 0) is 5.41 Å². The molecule has 0 aliphatic heterocycles.